The van der Waals surface area contributed by atoms with Gasteiger partial charge in [-0.25, -0.2) is 4.98 Å². The molecule has 1 aromatic carbocycles. The second-order valence-electron chi connectivity index (χ2n) is 7.67. The highest BCUT2D eigenvalue weighted by Gasteiger charge is 2.20. The van der Waals surface area contributed by atoms with Crippen LogP contribution >= 0.6 is 22.9 Å². The van der Waals surface area contributed by atoms with Crippen LogP contribution in [0.3, 0.4) is 0 Å². The Morgan fingerprint density at radius 3 is 2.82 bits per heavy atom. The van der Waals surface area contributed by atoms with E-state index >= 15 is 0 Å². The molecule has 0 spiro atoms. The normalized spacial score (nSPS) is 15.5. The van der Waals surface area contributed by atoms with Crippen molar-refractivity contribution in [3.05, 3.63) is 45.9 Å². The number of nitrogens with one attached hydrogen (secondary N) is 1. The minimum Gasteiger partial charge on any atom is -0.354 e. The molecule has 1 saturated heterocycles. The molecule has 2 aromatic rings. The van der Waals surface area contributed by atoms with Crippen molar-refractivity contribution in [2.24, 2.45) is 5.92 Å². The second kappa shape index (κ2) is 10.2. The predicted octanol–water partition coefficient (Wildman–Crippen LogP) is 4.17. The van der Waals surface area contributed by atoms with E-state index in [0.717, 1.165) is 36.8 Å². The Bertz CT molecular complexity index is 771. The van der Waals surface area contributed by atoms with Crippen LogP contribution in [-0.2, 0) is 17.9 Å². The van der Waals surface area contributed by atoms with E-state index in [1.807, 2.05) is 44.6 Å². The zero-order valence-corrected chi connectivity index (χ0v) is 18.2. The standard InChI is InChI=1S/C21H29ClN4OS/c1-25(2)21-24-14-19(28-21)15-26-10-8-16(9-11-26)6-7-20(27)23-13-17-4-3-5-18(22)12-17/h3-5,12,14,16H,6-11,13,15H2,1-2H3,(H,23,27). The summed E-state index contributed by atoms with van der Waals surface area (Å²) in [7, 11) is 4.05. The van der Waals surface area contributed by atoms with Crippen LogP contribution in [0.5, 0.6) is 0 Å². The number of hydrogen-bond donors (Lipinski definition) is 1. The number of carbonyl (C=O) groups excluding carboxylic acids is 1. The zero-order chi connectivity index (χ0) is 19.9. The third-order valence-corrected chi connectivity index (χ3v) is 6.55. The van der Waals surface area contributed by atoms with E-state index in [1.165, 1.54) is 17.7 Å². The molecule has 2 heterocycles. The van der Waals surface area contributed by atoms with Crippen LogP contribution in [0.25, 0.3) is 0 Å². The third kappa shape index (κ3) is 6.47. The maximum absolute atomic E-state index is 12.1. The Kier molecular flexibility index (Phi) is 7.71. The minimum atomic E-state index is 0.128. The van der Waals surface area contributed by atoms with Gasteiger partial charge in [0, 0.05) is 49.7 Å². The lowest BCUT2D eigenvalue weighted by Crippen LogP contribution is -2.33. The Balaban J connectivity index is 1.33. The summed E-state index contributed by atoms with van der Waals surface area (Å²) in [6.07, 6.45) is 5.91. The quantitative estimate of drug-likeness (QED) is 0.696. The van der Waals surface area contributed by atoms with Crippen molar-refractivity contribution in [2.75, 3.05) is 32.1 Å². The lowest BCUT2D eigenvalue weighted by molar-refractivity contribution is -0.121. The molecule has 0 saturated carbocycles. The van der Waals surface area contributed by atoms with Crippen molar-refractivity contribution >= 4 is 34.0 Å². The van der Waals surface area contributed by atoms with Gasteiger partial charge in [0.25, 0.3) is 0 Å². The first-order valence-electron chi connectivity index (χ1n) is 9.85. The number of hydrogen-bond acceptors (Lipinski definition) is 5. The first kappa shape index (κ1) is 21.1. The molecule has 28 heavy (non-hydrogen) atoms. The SMILES string of the molecule is CN(C)c1ncc(CN2CCC(CCC(=O)NCc3cccc(Cl)c3)CC2)s1. The Hall–Kier alpha value is -1.63. The van der Waals surface area contributed by atoms with Gasteiger partial charge in [-0.15, -0.1) is 11.3 Å². The summed E-state index contributed by atoms with van der Waals surface area (Å²) in [6.45, 7) is 3.73. The second-order valence-corrected chi connectivity index (χ2v) is 9.20. The van der Waals surface area contributed by atoms with E-state index in [-0.39, 0.29) is 5.91 Å². The van der Waals surface area contributed by atoms with Crippen LogP contribution in [0.1, 0.15) is 36.1 Å². The average Bonchev–Trinajstić information content (AvgIpc) is 3.15. The molecule has 0 radical (unpaired) electrons. The average molecular weight is 421 g/mol. The summed E-state index contributed by atoms with van der Waals surface area (Å²) in [5, 5.41) is 4.77. The van der Waals surface area contributed by atoms with E-state index in [9.17, 15) is 4.79 Å². The molecule has 1 fully saturated rings. The van der Waals surface area contributed by atoms with Gasteiger partial charge in [0.1, 0.15) is 0 Å². The number of carbonyl (C=O) groups is 1. The topological polar surface area (TPSA) is 48.5 Å². The number of rotatable bonds is 8. The molecule has 5 nitrogen and oxygen atoms in total. The zero-order valence-electron chi connectivity index (χ0n) is 16.7. The fourth-order valence-electron chi connectivity index (χ4n) is 3.50. The number of thiazole rings is 1. The predicted molar refractivity (Wildman–Crippen MR) is 117 cm³/mol. The molecular weight excluding hydrogens is 392 g/mol. The molecule has 1 aliphatic rings. The Morgan fingerprint density at radius 2 is 2.14 bits per heavy atom. The van der Waals surface area contributed by atoms with Gasteiger partial charge in [-0.2, -0.15) is 0 Å². The Labute approximate surface area is 176 Å². The molecule has 0 atom stereocenters. The largest absolute Gasteiger partial charge is 0.354 e. The fraction of sp³-hybridized carbons (Fsp3) is 0.524. The number of nitrogens with zero attached hydrogens (tertiary/aromatic N) is 3. The maximum atomic E-state index is 12.1. The molecular formula is C21H29ClN4OS. The van der Waals surface area contributed by atoms with Gasteiger partial charge in [-0.3, -0.25) is 9.69 Å². The first-order chi connectivity index (χ1) is 13.5. The van der Waals surface area contributed by atoms with E-state index in [0.29, 0.717) is 23.9 Å². The molecule has 0 unspecified atom stereocenters. The number of amides is 1. The summed E-state index contributed by atoms with van der Waals surface area (Å²) < 4.78 is 0. The highest BCUT2D eigenvalue weighted by atomic mass is 35.5. The minimum absolute atomic E-state index is 0.128. The number of piperidine rings is 1. The van der Waals surface area contributed by atoms with Crippen LogP contribution in [0.4, 0.5) is 5.13 Å². The molecule has 0 aliphatic carbocycles. The summed E-state index contributed by atoms with van der Waals surface area (Å²) in [4.78, 5) is 22.5. The number of likely N-dealkylation sites (tertiary alicyclic amines) is 1. The number of halogens is 1. The van der Waals surface area contributed by atoms with Crippen molar-refractivity contribution < 1.29 is 4.79 Å². The van der Waals surface area contributed by atoms with Crippen molar-refractivity contribution in [3.8, 4) is 0 Å². The molecule has 7 heteroatoms. The lowest BCUT2D eigenvalue weighted by Gasteiger charge is -2.31. The van der Waals surface area contributed by atoms with Crippen LogP contribution in [0.15, 0.2) is 30.5 Å². The van der Waals surface area contributed by atoms with Crippen molar-refractivity contribution in [3.63, 3.8) is 0 Å². The van der Waals surface area contributed by atoms with E-state index < -0.39 is 0 Å². The number of benzene rings is 1. The van der Waals surface area contributed by atoms with Crippen molar-refractivity contribution in [1.82, 2.24) is 15.2 Å². The summed E-state index contributed by atoms with van der Waals surface area (Å²) in [6, 6.07) is 7.62. The molecule has 1 amide bonds. The molecule has 1 aromatic heterocycles. The molecule has 3 rings (SSSR count). The van der Waals surface area contributed by atoms with E-state index in [4.69, 9.17) is 11.6 Å². The number of aromatic nitrogens is 1. The third-order valence-electron chi connectivity index (χ3n) is 5.17. The molecule has 0 bridgehead atoms. The summed E-state index contributed by atoms with van der Waals surface area (Å²) >= 11 is 7.75. The molecule has 152 valence electrons. The van der Waals surface area contributed by atoms with Crippen LogP contribution in [0, 0.1) is 5.92 Å². The maximum Gasteiger partial charge on any atom is 0.220 e. The molecule has 1 aliphatic heterocycles. The monoisotopic (exact) mass is 420 g/mol. The number of anilines is 1. The van der Waals surface area contributed by atoms with Crippen LogP contribution in [-0.4, -0.2) is 43.0 Å². The lowest BCUT2D eigenvalue weighted by atomic mass is 9.92. The van der Waals surface area contributed by atoms with E-state index in [1.54, 1.807) is 11.3 Å². The van der Waals surface area contributed by atoms with Crippen LogP contribution < -0.4 is 10.2 Å². The summed E-state index contributed by atoms with van der Waals surface area (Å²) in [5.74, 6) is 0.773. The van der Waals surface area contributed by atoms with Gasteiger partial charge in [-0.1, -0.05) is 23.7 Å². The van der Waals surface area contributed by atoms with Crippen LogP contribution in [0.2, 0.25) is 5.02 Å². The molecule has 1 N–H and O–H groups in total. The smallest absolute Gasteiger partial charge is 0.220 e. The van der Waals surface area contributed by atoms with Gasteiger partial charge in [0.2, 0.25) is 5.91 Å². The Morgan fingerprint density at radius 1 is 1.36 bits per heavy atom. The fourth-order valence-corrected chi connectivity index (χ4v) is 4.59. The van der Waals surface area contributed by atoms with Gasteiger partial charge in [0.15, 0.2) is 5.13 Å². The highest BCUT2D eigenvalue weighted by molar-refractivity contribution is 7.15. The highest BCUT2D eigenvalue weighted by Crippen LogP contribution is 2.26. The van der Waals surface area contributed by atoms with Crippen molar-refractivity contribution in [2.45, 2.75) is 38.8 Å². The first-order valence-corrected chi connectivity index (χ1v) is 11.0. The van der Waals surface area contributed by atoms with Crippen molar-refractivity contribution in [1.29, 1.82) is 0 Å². The van der Waals surface area contributed by atoms with Gasteiger partial charge in [-0.05, 0) is 56.0 Å². The van der Waals surface area contributed by atoms with E-state index in [2.05, 4.69) is 20.1 Å². The van der Waals surface area contributed by atoms with Gasteiger partial charge in [0.05, 0.1) is 0 Å². The van der Waals surface area contributed by atoms with Gasteiger partial charge >= 0.3 is 0 Å². The summed E-state index contributed by atoms with van der Waals surface area (Å²) in [5.41, 5.74) is 1.04. The van der Waals surface area contributed by atoms with Gasteiger partial charge < -0.3 is 10.2 Å².